The van der Waals surface area contributed by atoms with Crippen molar-refractivity contribution >= 4 is 11.6 Å². The maximum absolute atomic E-state index is 8.80. The van der Waals surface area contributed by atoms with Gasteiger partial charge in [-0.1, -0.05) is 23.7 Å². The van der Waals surface area contributed by atoms with Crippen molar-refractivity contribution in [2.75, 3.05) is 0 Å². The van der Waals surface area contributed by atoms with E-state index in [9.17, 15) is 0 Å². The summed E-state index contributed by atoms with van der Waals surface area (Å²) >= 11 is 5.97. The minimum absolute atomic E-state index is 0.192. The van der Waals surface area contributed by atoms with Gasteiger partial charge in [-0.15, -0.1) is 0 Å². The first kappa shape index (κ1) is 13.5. The molecule has 0 aliphatic heterocycles. The summed E-state index contributed by atoms with van der Waals surface area (Å²) < 4.78 is 0. The van der Waals surface area contributed by atoms with Gasteiger partial charge in [0.05, 0.1) is 0 Å². The number of nitrogens with zero attached hydrogens (tertiary/aromatic N) is 2. The number of nitriles is 1. The van der Waals surface area contributed by atoms with Crippen LogP contribution in [0, 0.1) is 11.3 Å². The molecule has 96 valence electrons. The zero-order chi connectivity index (χ0) is 13.7. The lowest BCUT2D eigenvalue weighted by Crippen LogP contribution is -2.18. The van der Waals surface area contributed by atoms with E-state index >= 15 is 0 Å². The largest absolute Gasteiger partial charge is 0.306 e. The summed E-state index contributed by atoms with van der Waals surface area (Å²) in [7, 11) is 0. The van der Waals surface area contributed by atoms with E-state index in [0.29, 0.717) is 12.2 Å². The highest BCUT2D eigenvalue weighted by Gasteiger charge is 2.05. The van der Waals surface area contributed by atoms with Gasteiger partial charge in [-0.05, 0) is 42.3 Å². The zero-order valence-electron chi connectivity index (χ0n) is 10.6. The smallest absolute Gasteiger partial charge is 0.140 e. The molecule has 1 aromatic carbocycles. The van der Waals surface area contributed by atoms with Crippen LogP contribution in [-0.2, 0) is 6.54 Å². The third-order valence-corrected chi connectivity index (χ3v) is 3.14. The van der Waals surface area contributed by atoms with Gasteiger partial charge in [-0.2, -0.15) is 5.26 Å². The second-order valence-corrected chi connectivity index (χ2v) is 4.76. The lowest BCUT2D eigenvalue weighted by molar-refractivity contribution is 0.574. The Morgan fingerprint density at radius 2 is 2.21 bits per heavy atom. The van der Waals surface area contributed by atoms with E-state index in [2.05, 4.69) is 17.2 Å². The van der Waals surface area contributed by atoms with E-state index in [0.717, 1.165) is 16.1 Å². The molecule has 0 amide bonds. The molecule has 0 aliphatic carbocycles. The highest BCUT2D eigenvalue weighted by Crippen LogP contribution is 2.17. The van der Waals surface area contributed by atoms with E-state index in [1.54, 1.807) is 12.3 Å². The second kappa shape index (κ2) is 6.33. The lowest BCUT2D eigenvalue weighted by atomic mass is 10.1. The van der Waals surface area contributed by atoms with Crippen LogP contribution in [0.4, 0.5) is 0 Å². The lowest BCUT2D eigenvalue weighted by Gasteiger charge is -2.14. The first-order chi connectivity index (χ1) is 9.19. The van der Waals surface area contributed by atoms with Crippen LogP contribution in [0.2, 0.25) is 5.02 Å². The molecule has 2 rings (SSSR count). The molecule has 3 nitrogen and oxygen atoms in total. The fraction of sp³-hybridized carbons (Fsp3) is 0.200. The van der Waals surface area contributed by atoms with Crippen LogP contribution >= 0.6 is 11.6 Å². The summed E-state index contributed by atoms with van der Waals surface area (Å²) in [6.45, 7) is 2.77. The summed E-state index contributed by atoms with van der Waals surface area (Å²) in [4.78, 5) is 3.95. The van der Waals surface area contributed by atoms with Crippen LogP contribution in [0.15, 0.2) is 42.6 Å². The molecule has 0 radical (unpaired) electrons. The van der Waals surface area contributed by atoms with Gasteiger partial charge >= 0.3 is 0 Å². The molecule has 0 spiro atoms. The number of hydrogen-bond donors (Lipinski definition) is 1. The number of pyridine rings is 1. The summed E-state index contributed by atoms with van der Waals surface area (Å²) in [6, 6.07) is 13.7. The SMILES string of the molecule is C[C@H](NCc1ccnc(C#N)c1)c1cccc(Cl)c1. The second-order valence-electron chi connectivity index (χ2n) is 4.32. The topological polar surface area (TPSA) is 48.7 Å². The van der Waals surface area contributed by atoms with Crippen molar-refractivity contribution in [2.45, 2.75) is 19.5 Å². The third-order valence-electron chi connectivity index (χ3n) is 2.90. The summed E-state index contributed by atoms with van der Waals surface area (Å²) in [5.74, 6) is 0. The van der Waals surface area contributed by atoms with E-state index in [-0.39, 0.29) is 6.04 Å². The van der Waals surface area contributed by atoms with Gasteiger partial charge in [0.15, 0.2) is 0 Å². The molecule has 0 unspecified atom stereocenters. The molecule has 0 saturated heterocycles. The molecule has 2 aromatic rings. The number of nitrogens with one attached hydrogen (secondary N) is 1. The van der Waals surface area contributed by atoms with E-state index in [4.69, 9.17) is 16.9 Å². The van der Waals surface area contributed by atoms with Crippen LogP contribution in [0.5, 0.6) is 0 Å². The van der Waals surface area contributed by atoms with Gasteiger partial charge in [0.1, 0.15) is 11.8 Å². The Balaban J connectivity index is 2.00. The van der Waals surface area contributed by atoms with Crippen LogP contribution in [0.1, 0.15) is 29.8 Å². The van der Waals surface area contributed by atoms with Gasteiger partial charge in [-0.25, -0.2) is 4.98 Å². The fourth-order valence-electron chi connectivity index (χ4n) is 1.81. The van der Waals surface area contributed by atoms with Crippen molar-refractivity contribution in [1.82, 2.24) is 10.3 Å². The summed E-state index contributed by atoms with van der Waals surface area (Å²) in [6.07, 6.45) is 1.65. The third kappa shape index (κ3) is 3.78. The monoisotopic (exact) mass is 271 g/mol. The van der Waals surface area contributed by atoms with Crippen LogP contribution in [0.3, 0.4) is 0 Å². The first-order valence-corrected chi connectivity index (χ1v) is 6.40. The number of benzene rings is 1. The quantitative estimate of drug-likeness (QED) is 0.926. The predicted molar refractivity (Wildman–Crippen MR) is 75.7 cm³/mol. The molecule has 1 aromatic heterocycles. The van der Waals surface area contributed by atoms with E-state index < -0.39 is 0 Å². The van der Waals surface area contributed by atoms with Gasteiger partial charge in [0.25, 0.3) is 0 Å². The number of halogens is 1. The molecule has 19 heavy (non-hydrogen) atoms. The predicted octanol–water partition coefficient (Wildman–Crippen LogP) is 3.46. The Bertz CT molecular complexity index is 604. The first-order valence-electron chi connectivity index (χ1n) is 6.03. The molecule has 0 aliphatic rings. The zero-order valence-corrected chi connectivity index (χ0v) is 11.4. The van der Waals surface area contributed by atoms with Gasteiger partial charge in [-0.3, -0.25) is 0 Å². The van der Waals surface area contributed by atoms with Gasteiger partial charge in [0, 0.05) is 23.8 Å². The Labute approximate surface area is 117 Å². The normalized spacial score (nSPS) is 11.8. The average molecular weight is 272 g/mol. The molecule has 4 heteroatoms. The minimum Gasteiger partial charge on any atom is -0.306 e. The average Bonchev–Trinajstić information content (AvgIpc) is 2.45. The van der Waals surface area contributed by atoms with Crippen molar-refractivity contribution in [3.63, 3.8) is 0 Å². The van der Waals surface area contributed by atoms with E-state index in [1.807, 2.05) is 36.4 Å². The molecule has 1 atom stereocenters. The maximum Gasteiger partial charge on any atom is 0.140 e. The number of hydrogen-bond acceptors (Lipinski definition) is 3. The van der Waals surface area contributed by atoms with Crippen molar-refractivity contribution in [2.24, 2.45) is 0 Å². The Kier molecular flexibility index (Phi) is 4.51. The van der Waals surface area contributed by atoms with Crippen molar-refractivity contribution in [3.05, 3.63) is 64.4 Å². The Morgan fingerprint density at radius 3 is 2.95 bits per heavy atom. The maximum atomic E-state index is 8.80. The Morgan fingerprint density at radius 1 is 1.37 bits per heavy atom. The molecular weight excluding hydrogens is 258 g/mol. The van der Waals surface area contributed by atoms with Crippen LogP contribution in [-0.4, -0.2) is 4.98 Å². The molecule has 0 saturated carbocycles. The van der Waals surface area contributed by atoms with Crippen molar-refractivity contribution in [3.8, 4) is 6.07 Å². The summed E-state index contributed by atoms with van der Waals surface area (Å²) in [5, 5.41) is 12.9. The highest BCUT2D eigenvalue weighted by atomic mass is 35.5. The fourth-order valence-corrected chi connectivity index (χ4v) is 2.01. The van der Waals surface area contributed by atoms with E-state index in [1.165, 1.54) is 0 Å². The molecule has 0 bridgehead atoms. The van der Waals surface area contributed by atoms with Crippen LogP contribution in [0.25, 0.3) is 0 Å². The van der Waals surface area contributed by atoms with Gasteiger partial charge in [0.2, 0.25) is 0 Å². The molecule has 0 fully saturated rings. The number of aromatic nitrogens is 1. The molecule has 1 N–H and O–H groups in total. The van der Waals surface area contributed by atoms with Crippen LogP contribution < -0.4 is 5.32 Å². The molecular formula is C15H14ClN3. The van der Waals surface area contributed by atoms with Gasteiger partial charge < -0.3 is 5.32 Å². The summed E-state index contributed by atoms with van der Waals surface area (Å²) in [5.41, 5.74) is 2.62. The Hall–Kier alpha value is -1.89. The minimum atomic E-state index is 0.192. The number of rotatable bonds is 4. The molecule has 1 heterocycles. The van der Waals surface area contributed by atoms with Crippen molar-refractivity contribution in [1.29, 1.82) is 5.26 Å². The standard InChI is InChI=1S/C15H14ClN3/c1-11(13-3-2-4-14(16)8-13)19-10-12-5-6-18-15(7-12)9-17/h2-8,11,19H,10H2,1H3/t11-/m0/s1. The van der Waals surface area contributed by atoms with Crippen molar-refractivity contribution < 1.29 is 0 Å². The highest BCUT2D eigenvalue weighted by molar-refractivity contribution is 6.30.